The zero-order chi connectivity index (χ0) is 26.1. The van der Waals surface area contributed by atoms with Crippen molar-refractivity contribution in [1.29, 1.82) is 0 Å². The van der Waals surface area contributed by atoms with Crippen LogP contribution in [-0.4, -0.2) is 37.7 Å². The molecule has 1 heterocycles. The molecule has 0 aliphatic heterocycles. The van der Waals surface area contributed by atoms with Crippen molar-refractivity contribution in [2.24, 2.45) is 5.10 Å². The number of anilines is 1. The molecule has 36 heavy (non-hydrogen) atoms. The summed E-state index contributed by atoms with van der Waals surface area (Å²) in [7, 11) is 1.46. The number of nitrogens with one attached hydrogen (secondary N) is 3. The number of rotatable bonds is 9. The summed E-state index contributed by atoms with van der Waals surface area (Å²) in [5.41, 5.74) is 5.32. The summed E-state index contributed by atoms with van der Waals surface area (Å²) in [4.78, 5) is 36.1. The second-order valence-electron chi connectivity index (χ2n) is 7.62. The van der Waals surface area contributed by atoms with Crippen LogP contribution in [0.3, 0.4) is 0 Å². The van der Waals surface area contributed by atoms with E-state index < -0.39 is 11.8 Å². The predicted octanol–water partition coefficient (Wildman–Crippen LogP) is 3.45. The van der Waals surface area contributed by atoms with Gasteiger partial charge < -0.3 is 24.5 Å². The summed E-state index contributed by atoms with van der Waals surface area (Å²) in [6.07, 6.45) is 2.81. The van der Waals surface area contributed by atoms with Gasteiger partial charge in [0.2, 0.25) is 0 Å². The lowest BCUT2D eigenvalue weighted by molar-refractivity contribution is -0.139. The molecule has 0 bridgehead atoms. The van der Waals surface area contributed by atoms with Gasteiger partial charge in [-0.05, 0) is 73.0 Å². The molecule has 0 spiro atoms. The standard InChI is InChI=1S/C25H25BrN4O6/c1-15-9-18(26)10-16(2)23(15)29-22(31)14-36-20-7-6-17(11-21(20)34-3)12-28-30-25(33)24(32)27-13-19-5-4-8-35-19/h4-12H,13-14H2,1-3H3,(H,27,32)(H,29,31)(H,30,33)/b28-12-. The van der Waals surface area contributed by atoms with Gasteiger partial charge >= 0.3 is 11.8 Å². The van der Waals surface area contributed by atoms with Gasteiger partial charge in [-0.15, -0.1) is 0 Å². The van der Waals surface area contributed by atoms with Crippen LogP contribution in [-0.2, 0) is 20.9 Å². The number of benzene rings is 2. The first-order chi connectivity index (χ1) is 17.3. The average molecular weight is 557 g/mol. The Morgan fingerprint density at radius 3 is 2.47 bits per heavy atom. The third-order valence-corrected chi connectivity index (χ3v) is 5.36. The highest BCUT2D eigenvalue weighted by Gasteiger charge is 2.13. The molecule has 11 heteroatoms. The maximum atomic E-state index is 12.4. The van der Waals surface area contributed by atoms with Crippen molar-refractivity contribution < 1.29 is 28.3 Å². The topological polar surface area (TPSA) is 131 Å². The van der Waals surface area contributed by atoms with Gasteiger partial charge in [0.05, 0.1) is 26.1 Å². The molecule has 0 saturated carbocycles. The molecule has 0 radical (unpaired) electrons. The summed E-state index contributed by atoms with van der Waals surface area (Å²) < 4.78 is 17.0. The minimum absolute atomic E-state index is 0.0853. The first-order valence-corrected chi connectivity index (χ1v) is 11.6. The number of furan rings is 1. The Balaban J connectivity index is 1.52. The van der Waals surface area contributed by atoms with Gasteiger partial charge in [0.25, 0.3) is 5.91 Å². The van der Waals surface area contributed by atoms with Crippen molar-refractivity contribution >= 4 is 45.6 Å². The van der Waals surface area contributed by atoms with Gasteiger partial charge in [0.1, 0.15) is 5.76 Å². The van der Waals surface area contributed by atoms with E-state index in [2.05, 4.69) is 37.1 Å². The molecular weight excluding hydrogens is 532 g/mol. The summed E-state index contributed by atoms with van der Waals surface area (Å²) in [6, 6.07) is 12.1. The summed E-state index contributed by atoms with van der Waals surface area (Å²) in [6.45, 7) is 3.69. The Hall–Kier alpha value is -4.12. The molecule has 3 rings (SSSR count). The molecule has 10 nitrogen and oxygen atoms in total. The van der Waals surface area contributed by atoms with Crippen molar-refractivity contribution in [3.8, 4) is 11.5 Å². The van der Waals surface area contributed by atoms with Crippen LogP contribution in [0.1, 0.15) is 22.5 Å². The van der Waals surface area contributed by atoms with Crippen LogP contribution in [0.2, 0.25) is 0 Å². The Labute approximate surface area is 216 Å². The zero-order valence-electron chi connectivity index (χ0n) is 19.9. The second kappa shape index (κ2) is 12.5. The lowest BCUT2D eigenvalue weighted by Gasteiger charge is -2.14. The number of halogens is 1. The first kappa shape index (κ1) is 26.5. The molecule has 3 N–H and O–H groups in total. The van der Waals surface area contributed by atoms with Gasteiger partial charge in [-0.1, -0.05) is 15.9 Å². The van der Waals surface area contributed by atoms with E-state index in [4.69, 9.17) is 13.9 Å². The first-order valence-electron chi connectivity index (χ1n) is 10.8. The number of carbonyl (C=O) groups excluding carboxylic acids is 3. The number of aryl methyl sites for hydroxylation is 2. The van der Waals surface area contributed by atoms with E-state index >= 15 is 0 Å². The molecular formula is C25H25BrN4O6. The van der Waals surface area contributed by atoms with E-state index in [1.165, 1.54) is 19.6 Å². The van der Waals surface area contributed by atoms with E-state index in [9.17, 15) is 14.4 Å². The third kappa shape index (κ3) is 7.44. The maximum absolute atomic E-state index is 12.4. The molecule has 1 aromatic heterocycles. The van der Waals surface area contributed by atoms with Gasteiger partial charge in [0, 0.05) is 10.2 Å². The molecule has 3 amide bonds. The maximum Gasteiger partial charge on any atom is 0.329 e. The Bertz CT molecular complexity index is 1250. The van der Waals surface area contributed by atoms with Crippen molar-refractivity contribution in [1.82, 2.24) is 10.7 Å². The molecule has 0 aliphatic carbocycles. The van der Waals surface area contributed by atoms with Gasteiger partial charge in [-0.2, -0.15) is 5.10 Å². The molecule has 0 unspecified atom stereocenters. The minimum atomic E-state index is -0.924. The van der Waals surface area contributed by atoms with Gasteiger partial charge in [0.15, 0.2) is 18.1 Å². The number of methoxy groups -OCH3 is 1. The van der Waals surface area contributed by atoms with Crippen LogP contribution < -0.4 is 25.5 Å². The molecule has 0 aliphatic rings. The normalized spacial score (nSPS) is 10.7. The number of ether oxygens (including phenoxy) is 2. The highest BCUT2D eigenvalue weighted by molar-refractivity contribution is 9.10. The van der Waals surface area contributed by atoms with Crippen molar-refractivity contribution in [3.05, 3.63) is 75.7 Å². The minimum Gasteiger partial charge on any atom is -0.493 e. The number of hydrazone groups is 1. The van der Waals surface area contributed by atoms with Gasteiger partial charge in [-0.25, -0.2) is 5.43 Å². The quantitative estimate of drug-likeness (QED) is 0.210. The predicted molar refractivity (Wildman–Crippen MR) is 137 cm³/mol. The number of hydrogen-bond acceptors (Lipinski definition) is 7. The molecule has 0 fully saturated rings. The number of amides is 3. The van der Waals surface area contributed by atoms with Crippen LogP contribution in [0.25, 0.3) is 0 Å². The van der Waals surface area contributed by atoms with Crippen LogP contribution in [0, 0.1) is 13.8 Å². The molecule has 188 valence electrons. The SMILES string of the molecule is COc1cc(/C=N\NC(=O)C(=O)NCc2ccco2)ccc1OCC(=O)Nc1c(C)cc(Br)cc1C. The van der Waals surface area contributed by atoms with Crippen molar-refractivity contribution in [3.63, 3.8) is 0 Å². The Kier molecular flexibility index (Phi) is 9.23. The summed E-state index contributed by atoms with van der Waals surface area (Å²) >= 11 is 3.44. The van der Waals surface area contributed by atoms with Crippen molar-refractivity contribution in [2.75, 3.05) is 19.0 Å². The lowest BCUT2D eigenvalue weighted by atomic mass is 10.1. The summed E-state index contributed by atoms with van der Waals surface area (Å²) in [5.74, 6) is -0.848. The molecule has 2 aromatic carbocycles. The van der Waals surface area contributed by atoms with E-state index in [0.29, 0.717) is 22.8 Å². The van der Waals surface area contributed by atoms with Crippen LogP contribution in [0.15, 0.2) is 62.7 Å². The van der Waals surface area contributed by atoms with E-state index in [1.807, 2.05) is 26.0 Å². The molecule has 0 atom stereocenters. The Morgan fingerprint density at radius 1 is 1.06 bits per heavy atom. The highest BCUT2D eigenvalue weighted by atomic mass is 79.9. The number of carbonyl (C=O) groups is 3. The zero-order valence-corrected chi connectivity index (χ0v) is 21.5. The fraction of sp³-hybridized carbons (Fsp3) is 0.200. The fourth-order valence-corrected chi connectivity index (χ4v) is 3.87. The van der Waals surface area contributed by atoms with E-state index in [0.717, 1.165) is 21.3 Å². The third-order valence-electron chi connectivity index (χ3n) is 4.90. The largest absolute Gasteiger partial charge is 0.493 e. The summed E-state index contributed by atoms with van der Waals surface area (Å²) in [5, 5.41) is 9.06. The highest BCUT2D eigenvalue weighted by Crippen LogP contribution is 2.28. The average Bonchev–Trinajstić information content (AvgIpc) is 3.37. The number of nitrogens with zero attached hydrogens (tertiary/aromatic N) is 1. The number of hydrogen-bond donors (Lipinski definition) is 3. The van der Waals surface area contributed by atoms with Crippen molar-refractivity contribution in [2.45, 2.75) is 20.4 Å². The molecule has 3 aromatic rings. The second-order valence-corrected chi connectivity index (χ2v) is 8.54. The fourth-order valence-electron chi connectivity index (χ4n) is 3.19. The molecule has 0 saturated heterocycles. The smallest absolute Gasteiger partial charge is 0.329 e. The lowest BCUT2D eigenvalue weighted by Crippen LogP contribution is -2.37. The van der Waals surface area contributed by atoms with Crippen LogP contribution in [0.4, 0.5) is 5.69 Å². The van der Waals surface area contributed by atoms with Gasteiger partial charge in [-0.3, -0.25) is 14.4 Å². The van der Waals surface area contributed by atoms with E-state index in [-0.39, 0.29) is 19.1 Å². The monoisotopic (exact) mass is 556 g/mol. The van der Waals surface area contributed by atoms with Crippen LogP contribution in [0.5, 0.6) is 11.5 Å². The Morgan fingerprint density at radius 2 is 1.81 bits per heavy atom. The van der Waals surface area contributed by atoms with Crippen LogP contribution >= 0.6 is 15.9 Å². The van der Waals surface area contributed by atoms with E-state index in [1.54, 1.807) is 30.3 Å².